The van der Waals surface area contributed by atoms with Gasteiger partial charge in [0.2, 0.25) is 0 Å². The average Bonchev–Trinajstić information content (AvgIpc) is 3.14. The molecule has 11 heteroatoms. The maximum Gasteiger partial charge on any atom is 0.587 e. The molecule has 1 heterocycles. The Morgan fingerprint density at radius 1 is 0.852 bits per heavy atom. The predicted octanol–water partition coefficient (Wildman–Crippen LogP) is 10.4. The Labute approximate surface area is 321 Å². The number of carbonyl (C=O) groups is 2. The molecule has 4 rings (SSSR count). The van der Waals surface area contributed by atoms with Crippen LogP contribution in [0, 0.1) is 5.41 Å². The van der Waals surface area contributed by atoms with Crippen LogP contribution < -0.4 is 9.05 Å². The Morgan fingerprint density at radius 2 is 1.39 bits per heavy atom. The van der Waals surface area contributed by atoms with Gasteiger partial charge in [0, 0.05) is 30.3 Å². The zero-order valence-electron chi connectivity index (χ0n) is 32.6. The maximum absolute atomic E-state index is 13.6. The number of rotatable bonds is 20. The van der Waals surface area contributed by atoms with E-state index in [1.165, 1.54) is 0 Å². The number of para-hydroxylation sites is 2. The second-order valence-corrected chi connectivity index (χ2v) is 17.0. The number of esters is 2. The zero-order chi connectivity index (χ0) is 39.2. The fourth-order valence-corrected chi connectivity index (χ4v) is 8.17. The first kappa shape index (κ1) is 42.8. The molecule has 0 saturated carbocycles. The van der Waals surface area contributed by atoms with Gasteiger partial charge >= 0.3 is 19.8 Å². The van der Waals surface area contributed by atoms with Crippen LogP contribution in [-0.4, -0.2) is 47.4 Å². The molecular formula is C43H57NO9P. The summed E-state index contributed by atoms with van der Waals surface area (Å²) in [5.74, 6) is 0.0705. The molecule has 293 valence electrons. The van der Waals surface area contributed by atoms with Crippen molar-refractivity contribution >= 4 is 19.8 Å². The number of nitrogens with zero attached hydrogens (tertiary/aromatic N) is 1. The molecule has 0 spiro atoms. The van der Waals surface area contributed by atoms with Crippen molar-refractivity contribution in [3.05, 3.63) is 109 Å². The molecule has 1 saturated heterocycles. The summed E-state index contributed by atoms with van der Waals surface area (Å²) in [4.78, 5) is 26.3. The minimum Gasteiger partial charge on any atom is -0.463 e. The quantitative estimate of drug-likeness (QED) is 0.0479. The number of phosphoric acid groups is 1. The van der Waals surface area contributed by atoms with Crippen LogP contribution in [0.25, 0.3) is 0 Å². The standard InChI is InChI=1S/C43H57NO9P/c1-7-43(6,40(46)49-29-30-50-54(48,52-36-24-16-11-17-25-36)53-37-26-18-12-19-27-37)31-35(34-21-14-10-15-22-34)23-13-8-9-20-28-39(45)51-38-32-41(2,3)44(47)42(4,5)33-38/h8,10-19,21-22,24-27,35,38H,7,9,20,23,28-33H2,1-6H3/b13-8+. The summed E-state index contributed by atoms with van der Waals surface area (Å²) in [5, 5.41) is 13.8. The summed E-state index contributed by atoms with van der Waals surface area (Å²) >= 11 is 0. The van der Waals surface area contributed by atoms with E-state index in [2.05, 4.69) is 24.3 Å². The monoisotopic (exact) mass is 762 g/mol. The van der Waals surface area contributed by atoms with Crippen LogP contribution in [0.4, 0.5) is 0 Å². The smallest absolute Gasteiger partial charge is 0.463 e. The number of hydrogen-bond acceptors (Lipinski definition) is 9. The third-order valence-electron chi connectivity index (χ3n) is 9.92. The van der Waals surface area contributed by atoms with E-state index in [-0.39, 0.29) is 37.2 Å². The van der Waals surface area contributed by atoms with Gasteiger partial charge in [0.05, 0.1) is 12.0 Å². The Kier molecular flexibility index (Phi) is 15.5. The van der Waals surface area contributed by atoms with Crippen LogP contribution >= 0.6 is 7.82 Å². The second kappa shape index (κ2) is 19.6. The van der Waals surface area contributed by atoms with Gasteiger partial charge in [-0.15, -0.1) is 10.3 Å². The van der Waals surface area contributed by atoms with Gasteiger partial charge in [-0.1, -0.05) is 85.8 Å². The van der Waals surface area contributed by atoms with Crippen LogP contribution in [0.15, 0.2) is 103 Å². The number of allylic oxidation sites excluding steroid dienone is 2. The van der Waals surface area contributed by atoms with E-state index >= 15 is 0 Å². The highest BCUT2D eigenvalue weighted by Crippen LogP contribution is 2.49. The van der Waals surface area contributed by atoms with Gasteiger partial charge in [-0.05, 0) is 102 Å². The number of benzene rings is 3. The number of piperidine rings is 1. The van der Waals surface area contributed by atoms with E-state index < -0.39 is 24.3 Å². The maximum atomic E-state index is 13.6. The third-order valence-corrected chi connectivity index (χ3v) is 11.3. The van der Waals surface area contributed by atoms with E-state index in [9.17, 15) is 19.4 Å². The Balaban J connectivity index is 1.28. The summed E-state index contributed by atoms with van der Waals surface area (Å²) in [5.41, 5.74) is -0.861. The SMILES string of the molecule is CCC(C)(CC(C/C=C/CCCC(=O)OC1CC(C)(C)N([O])C(C)(C)C1)c1ccccc1)C(=O)OCCOP(=O)(Oc1ccccc1)Oc1ccccc1. The number of hydrogen-bond donors (Lipinski definition) is 0. The summed E-state index contributed by atoms with van der Waals surface area (Å²) in [6.45, 7) is 11.1. The molecule has 1 fully saturated rings. The van der Waals surface area contributed by atoms with E-state index in [1.54, 1.807) is 48.5 Å². The van der Waals surface area contributed by atoms with E-state index in [1.807, 2.05) is 71.9 Å². The minimum atomic E-state index is -4.12. The Hall–Kier alpha value is -3.95. The Bertz CT molecular complexity index is 1620. The molecule has 54 heavy (non-hydrogen) atoms. The first-order valence-electron chi connectivity index (χ1n) is 18.9. The molecule has 2 atom stereocenters. The molecule has 10 nitrogen and oxygen atoms in total. The largest absolute Gasteiger partial charge is 0.587 e. The molecule has 3 aromatic carbocycles. The van der Waals surface area contributed by atoms with E-state index in [4.69, 9.17) is 23.0 Å². The van der Waals surface area contributed by atoms with Crippen LogP contribution in [-0.2, 0) is 33.4 Å². The third kappa shape index (κ3) is 12.8. The molecule has 0 bridgehead atoms. The number of ether oxygens (including phenoxy) is 2. The molecule has 1 radical (unpaired) electrons. The van der Waals surface area contributed by atoms with Gasteiger partial charge in [0.15, 0.2) is 0 Å². The molecule has 3 aromatic rings. The lowest BCUT2D eigenvalue weighted by Gasteiger charge is -2.49. The topological polar surface area (TPSA) is 120 Å². The van der Waals surface area contributed by atoms with Crippen molar-refractivity contribution in [2.45, 2.75) is 116 Å². The molecule has 2 unspecified atom stereocenters. The second-order valence-electron chi connectivity index (χ2n) is 15.5. The summed E-state index contributed by atoms with van der Waals surface area (Å²) in [7, 11) is -4.12. The number of phosphoric ester groups is 1. The van der Waals surface area contributed by atoms with Crippen molar-refractivity contribution in [3.8, 4) is 11.5 Å². The zero-order valence-corrected chi connectivity index (χ0v) is 33.5. The van der Waals surface area contributed by atoms with Gasteiger partial charge in [-0.2, -0.15) is 0 Å². The molecule has 0 aliphatic carbocycles. The van der Waals surface area contributed by atoms with Gasteiger partial charge in [0.1, 0.15) is 24.2 Å². The van der Waals surface area contributed by atoms with Crippen molar-refractivity contribution in [2.24, 2.45) is 5.41 Å². The molecule has 0 amide bonds. The van der Waals surface area contributed by atoms with Crippen LogP contribution in [0.2, 0.25) is 0 Å². The van der Waals surface area contributed by atoms with Crippen molar-refractivity contribution in [1.82, 2.24) is 5.06 Å². The lowest BCUT2D eigenvalue weighted by Crippen LogP contribution is -2.60. The number of hydroxylamine groups is 2. The van der Waals surface area contributed by atoms with Crippen LogP contribution in [0.5, 0.6) is 11.5 Å². The predicted molar refractivity (Wildman–Crippen MR) is 208 cm³/mol. The normalized spacial score (nSPS) is 17.7. The Morgan fingerprint density at radius 3 is 1.93 bits per heavy atom. The highest BCUT2D eigenvalue weighted by Gasteiger charge is 2.47. The summed E-state index contributed by atoms with van der Waals surface area (Å²) in [6, 6.07) is 27.3. The first-order chi connectivity index (χ1) is 25.6. The van der Waals surface area contributed by atoms with Crippen molar-refractivity contribution in [2.75, 3.05) is 13.2 Å². The average molecular weight is 763 g/mol. The molecule has 1 aliphatic rings. The van der Waals surface area contributed by atoms with Crippen molar-refractivity contribution in [3.63, 3.8) is 0 Å². The molecular weight excluding hydrogens is 705 g/mol. The number of carbonyl (C=O) groups excluding carboxylic acids is 2. The van der Waals surface area contributed by atoms with Crippen LogP contribution in [0.1, 0.15) is 104 Å². The van der Waals surface area contributed by atoms with Crippen molar-refractivity contribution in [1.29, 1.82) is 0 Å². The lowest BCUT2D eigenvalue weighted by molar-refractivity contribution is -0.299. The van der Waals surface area contributed by atoms with Gasteiger partial charge in [-0.25, -0.2) is 4.57 Å². The molecule has 1 aliphatic heterocycles. The summed E-state index contributed by atoms with van der Waals surface area (Å²) in [6.07, 6.45) is 8.43. The summed E-state index contributed by atoms with van der Waals surface area (Å²) < 4.78 is 42.1. The van der Waals surface area contributed by atoms with Crippen molar-refractivity contribution < 1.29 is 42.4 Å². The highest BCUT2D eigenvalue weighted by molar-refractivity contribution is 7.49. The highest BCUT2D eigenvalue weighted by atomic mass is 31.2. The fraction of sp³-hybridized carbons (Fsp3) is 0.488. The van der Waals surface area contributed by atoms with E-state index in [0.717, 1.165) is 10.6 Å². The number of unbranched alkanes of at least 4 members (excludes halogenated alkanes) is 1. The fourth-order valence-electron chi connectivity index (χ4n) is 6.97. The van der Waals surface area contributed by atoms with Gasteiger partial charge in [-0.3, -0.25) is 14.1 Å². The minimum absolute atomic E-state index is 0.0403. The van der Waals surface area contributed by atoms with Gasteiger partial charge < -0.3 is 18.5 Å². The van der Waals surface area contributed by atoms with Gasteiger partial charge in [0.25, 0.3) is 0 Å². The first-order valence-corrected chi connectivity index (χ1v) is 20.4. The molecule has 0 N–H and O–H groups in total. The van der Waals surface area contributed by atoms with Crippen LogP contribution in [0.3, 0.4) is 0 Å². The van der Waals surface area contributed by atoms with E-state index in [0.29, 0.717) is 62.9 Å². The molecule has 0 aromatic heterocycles. The lowest BCUT2D eigenvalue weighted by atomic mass is 9.75.